The van der Waals surface area contributed by atoms with E-state index < -0.39 is 5.60 Å². The lowest BCUT2D eigenvalue weighted by Crippen LogP contribution is -2.65. The Labute approximate surface area is 263 Å². The van der Waals surface area contributed by atoms with Crippen molar-refractivity contribution in [3.8, 4) is 0 Å². The van der Waals surface area contributed by atoms with Crippen LogP contribution in [0.2, 0.25) is 0 Å². The van der Waals surface area contributed by atoms with Gasteiger partial charge >= 0.3 is 5.97 Å². The van der Waals surface area contributed by atoms with Crippen LogP contribution in [0.15, 0.2) is 42.5 Å². The van der Waals surface area contributed by atoms with Crippen LogP contribution in [0.4, 0.5) is 0 Å². The normalized spacial score (nSPS) is 43.4. The van der Waals surface area contributed by atoms with Crippen molar-refractivity contribution >= 4 is 11.5 Å². The molecule has 1 aromatic carbocycles. The number of hydrogen-bond acceptors (Lipinski definition) is 2. The number of ether oxygens (including phenoxy) is 1. The number of carbonyl (C=O) groups excluding carboxylic acids is 1. The molecule has 0 bridgehead atoms. The highest BCUT2D eigenvalue weighted by atomic mass is 16.6. The first-order chi connectivity index (χ1) is 19.9. The lowest BCUT2D eigenvalue weighted by atomic mass is 9.32. The van der Waals surface area contributed by atoms with Crippen LogP contribution in [0.3, 0.4) is 0 Å². The van der Waals surface area contributed by atoms with E-state index in [1.165, 1.54) is 74.5 Å². The molecule has 9 atom stereocenters. The van der Waals surface area contributed by atoms with Crippen LogP contribution >= 0.6 is 0 Å². The number of fused-ring (bicyclic) bond motifs is 7. The minimum atomic E-state index is -0.486. The van der Waals surface area contributed by atoms with Crippen molar-refractivity contribution < 1.29 is 9.53 Å². The predicted octanol–water partition coefficient (Wildman–Crippen LogP) is 11.3. The van der Waals surface area contributed by atoms with E-state index >= 15 is 0 Å². The van der Waals surface area contributed by atoms with Gasteiger partial charge in [-0.05, 0) is 165 Å². The molecule has 1 aromatic rings. The second-order valence-electron chi connectivity index (χ2n) is 18.5. The largest absolute Gasteiger partial charge is 0.456 e. The van der Waals surface area contributed by atoms with E-state index in [0.29, 0.717) is 33.1 Å². The third kappa shape index (κ3) is 4.49. The Morgan fingerprint density at radius 2 is 1.51 bits per heavy atom. The van der Waals surface area contributed by atoms with Gasteiger partial charge in [0.1, 0.15) is 5.60 Å². The van der Waals surface area contributed by atoms with E-state index in [1.54, 1.807) is 0 Å². The molecule has 236 valence electrons. The quantitative estimate of drug-likeness (QED) is 0.261. The number of hydrogen-bond donors (Lipinski definition) is 0. The van der Waals surface area contributed by atoms with Crippen LogP contribution < -0.4 is 0 Å². The van der Waals surface area contributed by atoms with Gasteiger partial charge in [-0.1, -0.05) is 71.9 Å². The second-order valence-corrected chi connectivity index (χ2v) is 18.5. The summed E-state index contributed by atoms with van der Waals surface area (Å²) in [4.78, 5) is 12.7. The third-order valence-electron chi connectivity index (χ3n) is 14.9. The first-order valence-electron chi connectivity index (χ1n) is 17.6. The number of benzene rings is 1. The standard InChI is InChI=1S/C41H60O2/c1-26(2)29-18-21-38(8)24-25-40(10)31(34(29)38)16-17-33-39(9)22-19-30(37(6,7)32(39)20-23-41(33,40)11)27-12-14-28(15-13-27)35(42)43-36(3,4)5/h12-15,19,29,31-34H,1,16-18,20-25H2,2-11H3/t29-,31?,32?,33?,34?,38?,39-,40+,41+/m0/s1. The van der Waals surface area contributed by atoms with Crippen LogP contribution in [0.25, 0.3) is 5.57 Å². The molecule has 0 spiro atoms. The van der Waals surface area contributed by atoms with Crippen molar-refractivity contribution in [1.82, 2.24) is 0 Å². The van der Waals surface area contributed by atoms with Crippen LogP contribution in [0.5, 0.6) is 0 Å². The topological polar surface area (TPSA) is 26.3 Å². The summed E-state index contributed by atoms with van der Waals surface area (Å²) in [6.07, 6.45) is 14.8. The molecule has 0 aromatic heterocycles. The SMILES string of the molecule is C=C(C)[C@@H]1CCC2(C)CC[C@]3(C)C(CCC4[C@@]5(C)CC=C(c6ccc(C(=O)OC(C)(C)C)cc6)C(C)(C)C5CC[C@]43C)C12. The van der Waals surface area contributed by atoms with E-state index in [0.717, 1.165) is 23.7 Å². The fourth-order valence-electron chi connectivity index (χ4n) is 12.7. The fourth-order valence-corrected chi connectivity index (χ4v) is 12.7. The maximum Gasteiger partial charge on any atom is 0.338 e. The van der Waals surface area contributed by atoms with E-state index in [4.69, 9.17) is 4.74 Å². The molecule has 0 heterocycles. The summed E-state index contributed by atoms with van der Waals surface area (Å²) >= 11 is 0. The molecule has 2 heteroatoms. The summed E-state index contributed by atoms with van der Waals surface area (Å²) in [6, 6.07) is 8.25. The first-order valence-corrected chi connectivity index (χ1v) is 17.6. The minimum Gasteiger partial charge on any atom is -0.456 e. The molecule has 0 N–H and O–H groups in total. The van der Waals surface area contributed by atoms with Crippen LogP contribution in [-0.2, 0) is 4.74 Å². The summed E-state index contributed by atoms with van der Waals surface area (Å²) in [7, 11) is 0. The number of carbonyl (C=O) groups is 1. The van der Waals surface area contributed by atoms with Gasteiger partial charge in [0.15, 0.2) is 0 Å². The van der Waals surface area contributed by atoms with Gasteiger partial charge in [0.2, 0.25) is 0 Å². The average molecular weight is 585 g/mol. The van der Waals surface area contributed by atoms with Crippen LogP contribution in [0, 0.1) is 56.7 Å². The van der Waals surface area contributed by atoms with Gasteiger partial charge in [-0.3, -0.25) is 0 Å². The van der Waals surface area contributed by atoms with Gasteiger partial charge in [0.05, 0.1) is 5.56 Å². The zero-order valence-corrected chi connectivity index (χ0v) is 29.2. The van der Waals surface area contributed by atoms with Crippen molar-refractivity contribution in [3.05, 3.63) is 53.6 Å². The van der Waals surface area contributed by atoms with Gasteiger partial charge in [0.25, 0.3) is 0 Å². The van der Waals surface area contributed by atoms with E-state index in [-0.39, 0.29) is 11.4 Å². The Hall–Kier alpha value is -1.83. The molecule has 5 unspecified atom stereocenters. The molecule has 0 saturated heterocycles. The summed E-state index contributed by atoms with van der Waals surface area (Å²) in [5, 5.41) is 0. The molecule has 0 radical (unpaired) electrons. The monoisotopic (exact) mass is 584 g/mol. The molecular formula is C41H60O2. The molecule has 4 fully saturated rings. The van der Waals surface area contributed by atoms with E-state index in [2.05, 4.69) is 73.3 Å². The highest BCUT2D eigenvalue weighted by molar-refractivity contribution is 5.90. The Morgan fingerprint density at radius 1 is 0.837 bits per heavy atom. The maximum atomic E-state index is 12.7. The smallest absolute Gasteiger partial charge is 0.338 e. The fraction of sp³-hybridized carbons (Fsp3) is 0.732. The van der Waals surface area contributed by atoms with Crippen molar-refractivity contribution in [2.24, 2.45) is 56.7 Å². The van der Waals surface area contributed by atoms with Gasteiger partial charge in [0, 0.05) is 0 Å². The second kappa shape index (κ2) is 9.83. The van der Waals surface area contributed by atoms with Gasteiger partial charge in [-0.15, -0.1) is 0 Å². The molecule has 2 nitrogen and oxygen atoms in total. The van der Waals surface area contributed by atoms with Crippen LogP contribution in [0.1, 0.15) is 143 Å². The number of esters is 1. The summed E-state index contributed by atoms with van der Waals surface area (Å²) in [5.41, 5.74) is 6.05. The van der Waals surface area contributed by atoms with Gasteiger partial charge < -0.3 is 4.74 Å². The Morgan fingerprint density at radius 3 is 2.14 bits per heavy atom. The maximum absolute atomic E-state index is 12.7. The number of allylic oxidation sites excluding steroid dienone is 3. The first kappa shape index (κ1) is 31.2. The molecule has 4 saturated carbocycles. The zero-order chi connectivity index (χ0) is 31.4. The van der Waals surface area contributed by atoms with Crippen molar-refractivity contribution in [2.45, 2.75) is 133 Å². The van der Waals surface area contributed by atoms with Crippen molar-refractivity contribution in [2.75, 3.05) is 0 Å². The highest BCUT2D eigenvalue weighted by Gasteiger charge is 2.69. The Kier molecular flexibility index (Phi) is 7.13. The predicted molar refractivity (Wildman–Crippen MR) is 180 cm³/mol. The van der Waals surface area contributed by atoms with E-state index in [1.807, 2.05) is 32.9 Å². The number of rotatable bonds is 3. The Balaban J connectivity index is 1.30. The summed E-state index contributed by atoms with van der Waals surface area (Å²) in [6.45, 7) is 28.5. The molecular weight excluding hydrogens is 524 g/mol. The minimum absolute atomic E-state index is 0.0845. The Bertz CT molecular complexity index is 1320. The molecule has 0 amide bonds. The lowest BCUT2D eigenvalue weighted by Gasteiger charge is -2.72. The zero-order valence-electron chi connectivity index (χ0n) is 29.2. The van der Waals surface area contributed by atoms with Gasteiger partial charge in [-0.25, -0.2) is 4.79 Å². The molecule has 6 rings (SSSR count). The molecule has 5 aliphatic rings. The third-order valence-corrected chi connectivity index (χ3v) is 14.9. The van der Waals surface area contributed by atoms with Gasteiger partial charge in [-0.2, -0.15) is 0 Å². The van der Waals surface area contributed by atoms with Crippen molar-refractivity contribution in [3.63, 3.8) is 0 Å². The summed E-state index contributed by atoms with van der Waals surface area (Å²) in [5.74, 6) is 3.57. The lowest BCUT2D eigenvalue weighted by molar-refractivity contribution is -0.223. The highest BCUT2D eigenvalue weighted by Crippen LogP contribution is 2.77. The van der Waals surface area contributed by atoms with Crippen LogP contribution in [-0.4, -0.2) is 11.6 Å². The average Bonchev–Trinajstić information content (AvgIpc) is 3.26. The molecule has 43 heavy (non-hydrogen) atoms. The van der Waals surface area contributed by atoms with E-state index in [9.17, 15) is 4.79 Å². The molecule has 5 aliphatic carbocycles. The summed E-state index contributed by atoms with van der Waals surface area (Å²) < 4.78 is 5.63. The molecule has 0 aliphatic heterocycles. The van der Waals surface area contributed by atoms with Crippen molar-refractivity contribution in [1.29, 1.82) is 0 Å².